The van der Waals surface area contributed by atoms with E-state index in [1.165, 1.54) is 13.1 Å². The summed E-state index contributed by atoms with van der Waals surface area (Å²) in [4.78, 5) is 30.7. The minimum Gasteiger partial charge on any atom is -0.417 e. The van der Waals surface area contributed by atoms with E-state index in [-0.39, 0.29) is 29.3 Å². The number of nitrogens with zero attached hydrogens (tertiary/aromatic N) is 4. The highest BCUT2D eigenvalue weighted by molar-refractivity contribution is 5.94. The van der Waals surface area contributed by atoms with E-state index in [1.807, 2.05) is 13.0 Å². The molecule has 1 fully saturated rings. The third kappa shape index (κ3) is 4.62. The van der Waals surface area contributed by atoms with Crippen molar-refractivity contribution in [3.05, 3.63) is 35.7 Å². The number of pyridine rings is 1. The quantitative estimate of drug-likeness (QED) is 0.841. The Labute approximate surface area is 160 Å². The lowest BCUT2D eigenvalue weighted by Crippen LogP contribution is -2.41. The number of piperidine rings is 1. The number of aryl methyl sites for hydroxylation is 2. The summed E-state index contributed by atoms with van der Waals surface area (Å²) >= 11 is 0. The molecule has 0 atom stereocenters. The molecule has 1 aliphatic heterocycles. The van der Waals surface area contributed by atoms with Crippen LogP contribution in [0.4, 0.5) is 14.6 Å². The summed E-state index contributed by atoms with van der Waals surface area (Å²) in [5.41, 5.74) is 1.03. The van der Waals surface area contributed by atoms with Gasteiger partial charge in [0.25, 0.3) is 5.91 Å². The van der Waals surface area contributed by atoms with Gasteiger partial charge < -0.3 is 15.0 Å². The Bertz CT molecular complexity index is 845. The minimum absolute atomic E-state index is 0.0323. The number of carbonyl (C=O) groups excluding carboxylic acids is 2. The van der Waals surface area contributed by atoms with Crippen molar-refractivity contribution in [1.29, 1.82) is 0 Å². The van der Waals surface area contributed by atoms with Gasteiger partial charge in [0.15, 0.2) is 5.69 Å². The fourth-order valence-corrected chi connectivity index (χ4v) is 3.03. The molecule has 150 valence electrons. The van der Waals surface area contributed by atoms with Crippen LogP contribution in [0.25, 0.3) is 0 Å². The Morgan fingerprint density at radius 2 is 2.00 bits per heavy atom. The van der Waals surface area contributed by atoms with Crippen LogP contribution >= 0.6 is 0 Å². The smallest absolute Gasteiger partial charge is 0.388 e. The zero-order valence-corrected chi connectivity index (χ0v) is 15.6. The summed E-state index contributed by atoms with van der Waals surface area (Å²) in [6, 6.07) is 4.80. The molecule has 0 spiro atoms. The van der Waals surface area contributed by atoms with E-state index in [9.17, 15) is 18.4 Å². The molecule has 28 heavy (non-hydrogen) atoms. The van der Waals surface area contributed by atoms with Crippen LogP contribution < -0.4 is 10.1 Å². The number of halogens is 2. The Hall–Kier alpha value is -3.04. The molecule has 1 saturated heterocycles. The molecule has 0 bridgehead atoms. The molecule has 0 aliphatic carbocycles. The first-order valence-electron chi connectivity index (χ1n) is 8.85. The molecule has 8 nitrogen and oxygen atoms in total. The van der Waals surface area contributed by atoms with Gasteiger partial charge in [-0.3, -0.25) is 9.59 Å². The van der Waals surface area contributed by atoms with Crippen molar-refractivity contribution < 1.29 is 23.1 Å². The number of nitrogens with one attached hydrogen (secondary N) is 1. The van der Waals surface area contributed by atoms with Gasteiger partial charge >= 0.3 is 6.61 Å². The molecule has 3 heterocycles. The number of hydrogen-bond acceptors (Lipinski definition) is 5. The van der Waals surface area contributed by atoms with Gasteiger partial charge in [-0.15, -0.1) is 0 Å². The first-order chi connectivity index (χ1) is 13.3. The average Bonchev–Trinajstić information content (AvgIpc) is 3.03. The van der Waals surface area contributed by atoms with E-state index in [4.69, 9.17) is 0 Å². The fourth-order valence-electron chi connectivity index (χ4n) is 3.03. The van der Waals surface area contributed by atoms with Crippen molar-refractivity contribution >= 4 is 17.6 Å². The van der Waals surface area contributed by atoms with Crippen LogP contribution in [0.1, 0.15) is 28.9 Å². The van der Waals surface area contributed by atoms with Gasteiger partial charge in [-0.25, -0.2) is 9.67 Å². The molecule has 2 aromatic rings. The largest absolute Gasteiger partial charge is 0.417 e. The number of aromatic nitrogens is 3. The van der Waals surface area contributed by atoms with E-state index >= 15 is 0 Å². The molecule has 0 aromatic carbocycles. The number of ether oxygens (including phenoxy) is 1. The topological polar surface area (TPSA) is 89.4 Å². The number of alkyl halides is 2. The molecule has 1 aliphatic rings. The summed E-state index contributed by atoms with van der Waals surface area (Å²) in [6.07, 6.45) is 2.67. The van der Waals surface area contributed by atoms with Crippen LogP contribution in [-0.2, 0) is 11.8 Å². The van der Waals surface area contributed by atoms with Crippen molar-refractivity contribution in [1.82, 2.24) is 19.7 Å². The number of anilines is 1. The first-order valence-corrected chi connectivity index (χ1v) is 8.85. The second-order valence-electron chi connectivity index (χ2n) is 6.65. The molecule has 0 saturated carbocycles. The molecular formula is C18H21F2N5O3. The lowest BCUT2D eigenvalue weighted by molar-refractivity contribution is -0.121. The SMILES string of the molecule is Cc1ccc(NC(=O)C2CCN(C(=O)c3cc(OC(F)F)n(C)n3)CC2)nc1. The molecule has 2 aromatic heterocycles. The predicted molar refractivity (Wildman–Crippen MR) is 96.1 cm³/mol. The maximum atomic E-state index is 12.5. The van der Waals surface area contributed by atoms with Crippen LogP contribution in [0.5, 0.6) is 5.88 Å². The maximum Gasteiger partial charge on any atom is 0.388 e. The summed E-state index contributed by atoms with van der Waals surface area (Å²) in [6.45, 7) is -0.328. The molecule has 10 heteroatoms. The lowest BCUT2D eigenvalue weighted by atomic mass is 9.95. The van der Waals surface area contributed by atoms with E-state index in [1.54, 1.807) is 17.2 Å². The normalized spacial score (nSPS) is 15.0. The highest BCUT2D eigenvalue weighted by atomic mass is 19.3. The standard InChI is InChI=1S/C18H21F2N5O3/c1-11-3-4-14(21-10-11)22-16(26)12-5-7-25(8-6-12)17(27)13-9-15(24(2)23-13)28-18(19)20/h3-4,9-10,12,18H,5-8H2,1-2H3,(H,21,22,26). The van der Waals surface area contributed by atoms with Crippen molar-refractivity contribution in [2.45, 2.75) is 26.4 Å². The van der Waals surface area contributed by atoms with Gasteiger partial charge in [0.1, 0.15) is 5.82 Å². The number of amides is 2. The zero-order chi connectivity index (χ0) is 20.3. The van der Waals surface area contributed by atoms with Gasteiger partial charge in [-0.2, -0.15) is 13.9 Å². The summed E-state index contributed by atoms with van der Waals surface area (Å²) in [7, 11) is 1.42. The Morgan fingerprint density at radius 1 is 1.29 bits per heavy atom. The van der Waals surface area contributed by atoms with Gasteiger partial charge in [0, 0.05) is 38.3 Å². The van der Waals surface area contributed by atoms with Crippen molar-refractivity contribution in [2.24, 2.45) is 13.0 Å². The van der Waals surface area contributed by atoms with Crippen LogP contribution in [-0.4, -0.2) is 51.2 Å². The van der Waals surface area contributed by atoms with Crippen molar-refractivity contribution in [2.75, 3.05) is 18.4 Å². The third-order valence-electron chi connectivity index (χ3n) is 4.58. The van der Waals surface area contributed by atoms with E-state index in [0.29, 0.717) is 31.7 Å². The Morgan fingerprint density at radius 3 is 2.61 bits per heavy atom. The van der Waals surface area contributed by atoms with Crippen molar-refractivity contribution in [3.8, 4) is 5.88 Å². The second kappa shape index (κ2) is 8.32. The number of likely N-dealkylation sites (tertiary alicyclic amines) is 1. The fraction of sp³-hybridized carbons (Fsp3) is 0.444. The summed E-state index contributed by atoms with van der Waals surface area (Å²) < 4.78 is 30.1. The van der Waals surface area contributed by atoms with Crippen LogP contribution in [0.3, 0.4) is 0 Å². The van der Waals surface area contributed by atoms with Crippen LogP contribution in [0.2, 0.25) is 0 Å². The minimum atomic E-state index is -2.99. The number of carbonyl (C=O) groups is 2. The molecule has 2 amide bonds. The predicted octanol–water partition coefficient (Wildman–Crippen LogP) is 2.22. The van der Waals surface area contributed by atoms with Gasteiger partial charge in [-0.1, -0.05) is 6.07 Å². The van der Waals surface area contributed by atoms with Gasteiger partial charge in [-0.05, 0) is 31.4 Å². The van der Waals surface area contributed by atoms with E-state index in [2.05, 4.69) is 20.1 Å². The molecule has 0 unspecified atom stereocenters. The lowest BCUT2D eigenvalue weighted by Gasteiger charge is -2.30. The maximum absolute atomic E-state index is 12.5. The first kappa shape index (κ1) is 19.7. The Balaban J connectivity index is 1.55. The summed E-state index contributed by atoms with van der Waals surface area (Å²) in [5.74, 6) is -0.423. The highest BCUT2D eigenvalue weighted by Crippen LogP contribution is 2.22. The van der Waals surface area contributed by atoms with Gasteiger partial charge in [0.2, 0.25) is 11.8 Å². The summed E-state index contributed by atoms with van der Waals surface area (Å²) in [5, 5.41) is 6.72. The second-order valence-corrected chi connectivity index (χ2v) is 6.65. The third-order valence-corrected chi connectivity index (χ3v) is 4.58. The van der Waals surface area contributed by atoms with E-state index in [0.717, 1.165) is 10.2 Å². The molecule has 0 radical (unpaired) electrons. The molecular weight excluding hydrogens is 372 g/mol. The molecule has 3 rings (SSSR count). The highest BCUT2D eigenvalue weighted by Gasteiger charge is 2.29. The monoisotopic (exact) mass is 393 g/mol. The van der Waals surface area contributed by atoms with E-state index < -0.39 is 6.61 Å². The molecule has 1 N–H and O–H groups in total. The number of rotatable bonds is 5. The number of hydrogen-bond donors (Lipinski definition) is 1. The average molecular weight is 393 g/mol. The van der Waals surface area contributed by atoms with Crippen molar-refractivity contribution in [3.63, 3.8) is 0 Å². The van der Waals surface area contributed by atoms with Crippen LogP contribution in [0.15, 0.2) is 24.4 Å². The zero-order valence-electron chi connectivity index (χ0n) is 15.6. The van der Waals surface area contributed by atoms with Crippen LogP contribution in [0, 0.1) is 12.8 Å². The van der Waals surface area contributed by atoms with Gasteiger partial charge in [0.05, 0.1) is 0 Å². The Kier molecular flexibility index (Phi) is 5.86.